The van der Waals surface area contributed by atoms with Gasteiger partial charge in [-0.05, 0) is 69.2 Å². The average molecular weight is 465 g/mol. The van der Waals surface area contributed by atoms with Gasteiger partial charge in [0, 0.05) is 11.9 Å². The van der Waals surface area contributed by atoms with E-state index in [4.69, 9.17) is 4.74 Å². The molecule has 0 aliphatic rings. The molecule has 0 saturated heterocycles. The van der Waals surface area contributed by atoms with E-state index in [0.29, 0.717) is 17.1 Å². The standard InChI is InChI=1S/C28H24N4O3/c1-17-7-10-22(11-8-17)30-26(33)21(16-29)15-23-27(35-24-12-9-18(2)14-20(24)4)31-25-19(3)6-5-13-32(25)28(23)34/h5-15H,1-4H3,(H,30,33)/b21-15+. The van der Waals surface area contributed by atoms with Crippen molar-refractivity contribution >= 4 is 23.3 Å². The van der Waals surface area contributed by atoms with Gasteiger partial charge in [-0.25, -0.2) is 0 Å². The second-order valence-electron chi connectivity index (χ2n) is 8.38. The number of nitrogens with one attached hydrogen (secondary N) is 1. The number of aromatic nitrogens is 2. The Balaban J connectivity index is 1.84. The zero-order chi connectivity index (χ0) is 25.1. The Morgan fingerprint density at radius 3 is 2.43 bits per heavy atom. The molecule has 0 bridgehead atoms. The number of benzene rings is 2. The molecule has 0 fully saturated rings. The number of nitrogens with zero attached hydrogens (tertiary/aromatic N) is 3. The summed E-state index contributed by atoms with van der Waals surface area (Å²) in [4.78, 5) is 30.9. The van der Waals surface area contributed by atoms with Crippen molar-refractivity contribution in [1.82, 2.24) is 9.38 Å². The minimum atomic E-state index is -0.637. The number of nitriles is 1. The van der Waals surface area contributed by atoms with E-state index in [2.05, 4.69) is 10.3 Å². The largest absolute Gasteiger partial charge is 0.438 e. The molecule has 0 radical (unpaired) electrons. The van der Waals surface area contributed by atoms with Crippen molar-refractivity contribution in [3.63, 3.8) is 0 Å². The Morgan fingerprint density at radius 2 is 1.74 bits per heavy atom. The van der Waals surface area contributed by atoms with Gasteiger partial charge in [0.25, 0.3) is 11.5 Å². The minimum absolute atomic E-state index is 0.00341. The smallest absolute Gasteiger partial charge is 0.269 e. The van der Waals surface area contributed by atoms with Gasteiger partial charge in [0.2, 0.25) is 5.88 Å². The van der Waals surface area contributed by atoms with Gasteiger partial charge in [-0.1, -0.05) is 41.5 Å². The van der Waals surface area contributed by atoms with Gasteiger partial charge >= 0.3 is 0 Å². The van der Waals surface area contributed by atoms with Crippen LogP contribution in [0, 0.1) is 39.0 Å². The van der Waals surface area contributed by atoms with Crippen molar-refractivity contribution in [2.24, 2.45) is 0 Å². The quantitative estimate of drug-likeness (QED) is 0.321. The first-order valence-corrected chi connectivity index (χ1v) is 11.0. The lowest BCUT2D eigenvalue weighted by Gasteiger charge is -2.13. The summed E-state index contributed by atoms with van der Waals surface area (Å²) in [5.41, 5.74) is 4.03. The minimum Gasteiger partial charge on any atom is -0.438 e. The van der Waals surface area contributed by atoms with Crippen LogP contribution >= 0.6 is 0 Å². The normalized spacial score (nSPS) is 11.2. The molecule has 0 aliphatic carbocycles. The number of aryl methyl sites for hydroxylation is 4. The maximum atomic E-state index is 13.5. The number of rotatable bonds is 5. The Bertz CT molecular complexity index is 1580. The summed E-state index contributed by atoms with van der Waals surface area (Å²) >= 11 is 0. The number of hydrogen-bond acceptors (Lipinski definition) is 5. The Morgan fingerprint density at radius 1 is 1.03 bits per heavy atom. The molecule has 7 heteroatoms. The molecule has 35 heavy (non-hydrogen) atoms. The van der Waals surface area contributed by atoms with Crippen molar-refractivity contribution in [1.29, 1.82) is 5.26 Å². The maximum absolute atomic E-state index is 13.5. The summed E-state index contributed by atoms with van der Waals surface area (Å²) in [5, 5.41) is 12.4. The van der Waals surface area contributed by atoms with Crippen LogP contribution in [0.25, 0.3) is 11.7 Å². The second kappa shape index (κ2) is 9.65. The number of amides is 1. The summed E-state index contributed by atoms with van der Waals surface area (Å²) in [6.07, 6.45) is 2.82. The molecule has 2 aromatic carbocycles. The molecule has 2 heterocycles. The third-order valence-corrected chi connectivity index (χ3v) is 5.55. The monoisotopic (exact) mass is 464 g/mol. The summed E-state index contributed by atoms with van der Waals surface area (Å²) in [6, 6.07) is 18.3. The molecule has 7 nitrogen and oxygen atoms in total. The first-order valence-electron chi connectivity index (χ1n) is 11.0. The number of pyridine rings is 1. The van der Waals surface area contributed by atoms with E-state index in [9.17, 15) is 14.9 Å². The fourth-order valence-corrected chi connectivity index (χ4v) is 3.64. The number of carbonyl (C=O) groups is 1. The van der Waals surface area contributed by atoms with Crippen molar-refractivity contribution in [3.05, 3.63) is 105 Å². The molecule has 0 spiro atoms. The molecular weight excluding hydrogens is 440 g/mol. The fraction of sp³-hybridized carbons (Fsp3) is 0.143. The second-order valence-corrected chi connectivity index (χ2v) is 8.38. The van der Waals surface area contributed by atoms with E-state index in [1.165, 1.54) is 10.5 Å². The van der Waals surface area contributed by atoms with Crippen LogP contribution in [0.1, 0.15) is 27.8 Å². The lowest BCUT2D eigenvalue weighted by Crippen LogP contribution is -2.20. The molecule has 4 rings (SSSR count). The van der Waals surface area contributed by atoms with Crippen molar-refractivity contribution < 1.29 is 9.53 Å². The van der Waals surface area contributed by atoms with E-state index in [1.807, 2.05) is 64.1 Å². The molecule has 4 aromatic rings. The molecule has 0 aliphatic heterocycles. The molecule has 174 valence electrons. The summed E-state index contributed by atoms with van der Waals surface area (Å²) in [7, 11) is 0. The third-order valence-electron chi connectivity index (χ3n) is 5.55. The van der Waals surface area contributed by atoms with Gasteiger partial charge < -0.3 is 10.1 Å². The van der Waals surface area contributed by atoms with Crippen LogP contribution in [0.2, 0.25) is 0 Å². The van der Waals surface area contributed by atoms with Gasteiger partial charge in [-0.15, -0.1) is 0 Å². The molecule has 1 N–H and O–H groups in total. The van der Waals surface area contributed by atoms with Crippen molar-refractivity contribution in [2.45, 2.75) is 27.7 Å². The average Bonchev–Trinajstić information content (AvgIpc) is 2.83. The lowest BCUT2D eigenvalue weighted by molar-refractivity contribution is -0.112. The topological polar surface area (TPSA) is 96.5 Å². The van der Waals surface area contributed by atoms with Crippen LogP contribution in [0.3, 0.4) is 0 Å². The molecule has 0 atom stereocenters. The van der Waals surface area contributed by atoms with E-state index in [-0.39, 0.29) is 17.0 Å². The molecular formula is C28H24N4O3. The van der Waals surface area contributed by atoms with Crippen LogP contribution in [0.5, 0.6) is 11.6 Å². The third kappa shape index (κ3) is 4.97. The van der Waals surface area contributed by atoms with E-state index in [0.717, 1.165) is 22.3 Å². The van der Waals surface area contributed by atoms with Crippen LogP contribution < -0.4 is 15.6 Å². The Hall–Kier alpha value is -4.70. The highest BCUT2D eigenvalue weighted by Gasteiger charge is 2.19. The summed E-state index contributed by atoms with van der Waals surface area (Å²) in [6.45, 7) is 7.65. The number of carbonyl (C=O) groups excluding carboxylic acids is 1. The number of ether oxygens (including phenoxy) is 1. The SMILES string of the molecule is Cc1ccc(NC(=O)/C(C#N)=C/c2c(Oc3ccc(C)cc3C)nc3c(C)cccn3c2=O)cc1. The maximum Gasteiger partial charge on any atom is 0.269 e. The van der Waals surface area contributed by atoms with Crippen molar-refractivity contribution in [2.75, 3.05) is 5.32 Å². The summed E-state index contributed by atoms with van der Waals surface area (Å²) < 4.78 is 7.46. The van der Waals surface area contributed by atoms with Crippen LogP contribution in [0.15, 0.2) is 71.2 Å². The zero-order valence-electron chi connectivity index (χ0n) is 19.9. The van der Waals surface area contributed by atoms with Gasteiger partial charge in [0.15, 0.2) is 0 Å². The highest BCUT2D eigenvalue weighted by Crippen LogP contribution is 2.28. The first-order chi connectivity index (χ1) is 16.8. The Labute approximate surface area is 203 Å². The highest BCUT2D eigenvalue weighted by molar-refractivity contribution is 6.09. The fourth-order valence-electron chi connectivity index (χ4n) is 3.64. The van der Waals surface area contributed by atoms with Gasteiger partial charge in [-0.3, -0.25) is 14.0 Å². The number of anilines is 1. The predicted molar refractivity (Wildman–Crippen MR) is 136 cm³/mol. The number of hydrogen-bond donors (Lipinski definition) is 1. The van der Waals surface area contributed by atoms with Crippen LogP contribution in [0.4, 0.5) is 5.69 Å². The molecule has 2 aromatic heterocycles. The van der Waals surface area contributed by atoms with Gasteiger partial charge in [0.05, 0.1) is 0 Å². The van der Waals surface area contributed by atoms with E-state index < -0.39 is 11.5 Å². The zero-order valence-corrected chi connectivity index (χ0v) is 19.9. The Kier molecular flexibility index (Phi) is 6.47. The van der Waals surface area contributed by atoms with Gasteiger partial charge in [0.1, 0.15) is 28.6 Å². The molecule has 1 amide bonds. The lowest BCUT2D eigenvalue weighted by atomic mass is 10.1. The van der Waals surface area contributed by atoms with E-state index in [1.54, 1.807) is 30.5 Å². The van der Waals surface area contributed by atoms with E-state index >= 15 is 0 Å². The summed E-state index contributed by atoms with van der Waals surface area (Å²) in [5.74, 6) is -0.0904. The van der Waals surface area contributed by atoms with Crippen LogP contribution in [-0.4, -0.2) is 15.3 Å². The van der Waals surface area contributed by atoms with Crippen LogP contribution in [-0.2, 0) is 4.79 Å². The molecule has 0 saturated carbocycles. The number of fused-ring (bicyclic) bond motifs is 1. The predicted octanol–water partition coefficient (Wildman–Crippen LogP) is 5.27. The molecule has 0 unspecified atom stereocenters. The first kappa shape index (κ1) is 23.5. The van der Waals surface area contributed by atoms with Crippen molar-refractivity contribution in [3.8, 4) is 17.7 Å². The van der Waals surface area contributed by atoms with Gasteiger partial charge in [-0.2, -0.15) is 10.2 Å². The highest BCUT2D eigenvalue weighted by atomic mass is 16.5.